The molecule has 0 aromatic rings. The maximum Gasteiger partial charge on any atom is 0.0797 e. The average molecular weight is 169 g/mol. The Morgan fingerprint density at radius 1 is 1.50 bits per heavy atom. The normalized spacial score (nSPS) is 40.9. The van der Waals surface area contributed by atoms with Gasteiger partial charge in [0.05, 0.1) is 25.4 Å². The molecule has 0 saturated carbocycles. The molecule has 2 aliphatic heterocycles. The van der Waals surface area contributed by atoms with Crippen LogP contribution in [0.3, 0.4) is 0 Å². The van der Waals surface area contributed by atoms with Gasteiger partial charge in [0, 0.05) is 12.5 Å². The third-order valence-electron chi connectivity index (χ3n) is 2.69. The molecule has 3 nitrogen and oxygen atoms in total. The second-order valence-corrected chi connectivity index (χ2v) is 3.46. The molecule has 0 aromatic heterocycles. The fraction of sp³-hybridized carbons (Fsp3) is 0.778. The SMILES string of the molecule is OCC1NCC2CC=CCOC21. The molecule has 2 N–H and O–H groups in total. The summed E-state index contributed by atoms with van der Waals surface area (Å²) in [6, 6.07) is 0.148. The standard InChI is InChI=1S/C9H15NO2/c11-6-8-9-7(5-10-8)3-1-2-4-12-9/h1-2,7-11H,3-6H2. The topological polar surface area (TPSA) is 41.5 Å². The van der Waals surface area contributed by atoms with Crippen LogP contribution >= 0.6 is 0 Å². The Balaban J connectivity index is 2.03. The molecular formula is C9H15NO2. The van der Waals surface area contributed by atoms with Gasteiger partial charge in [-0.2, -0.15) is 0 Å². The lowest BCUT2D eigenvalue weighted by Crippen LogP contribution is -2.36. The molecule has 1 fully saturated rings. The van der Waals surface area contributed by atoms with Crippen molar-refractivity contribution < 1.29 is 9.84 Å². The van der Waals surface area contributed by atoms with E-state index in [4.69, 9.17) is 9.84 Å². The van der Waals surface area contributed by atoms with Gasteiger partial charge in [0.2, 0.25) is 0 Å². The van der Waals surface area contributed by atoms with Crippen LogP contribution in [-0.4, -0.2) is 37.0 Å². The number of aliphatic hydroxyl groups excluding tert-OH is 1. The average Bonchev–Trinajstić information content (AvgIpc) is 2.33. The van der Waals surface area contributed by atoms with E-state index in [1.165, 1.54) is 0 Å². The lowest BCUT2D eigenvalue weighted by atomic mass is 9.99. The van der Waals surface area contributed by atoms with Gasteiger partial charge in [-0.15, -0.1) is 0 Å². The first kappa shape index (κ1) is 8.23. The summed E-state index contributed by atoms with van der Waals surface area (Å²) in [5, 5.41) is 12.3. The van der Waals surface area contributed by atoms with E-state index >= 15 is 0 Å². The lowest BCUT2D eigenvalue weighted by molar-refractivity contribution is 0.0262. The van der Waals surface area contributed by atoms with E-state index in [-0.39, 0.29) is 18.8 Å². The maximum absolute atomic E-state index is 9.03. The van der Waals surface area contributed by atoms with E-state index in [2.05, 4.69) is 17.5 Å². The van der Waals surface area contributed by atoms with Crippen molar-refractivity contribution in [1.82, 2.24) is 5.32 Å². The van der Waals surface area contributed by atoms with Crippen LogP contribution in [0.4, 0.5) is 0 Å². The van der Waals surface area contributed by atoms with Crippen LogP contribution in [-0.2, 0) is 4.74 Å². The number of ether oxygens (including phenoxy) is 1. The van der Waals surface area contributed by atoms with E-state index in [9.17, 15) is 0 Å². The van der Waals surface area contributed by atoms with Gasteiger partial charge in [0.25, 0.3) is 0 Å². The molecule has 3 atom stereocenters. The van der Waals surface area contributed by atoms with E-state index in [0.29, 0.717) is 12.5 Å². The summed E-state index contributed by atoms with van der Waals surface area (Å²) in [6.45, 7) is 1.85. The second-order valence-electron chi connectivity index (χ2n) is 3.46. The van der Waals surface area contributed by atoms with Gasteiger partial charge in [-0.3, -0.25) is 0 Å². The molecule has 12 heavy (non-hydrogen) atoms. The van der Waals surface area contributed by atoms with Crippen molar-refractivity contribution >= 4 is 0 Å². The van der Waals surface area contributed by atoms with E-state index in [0.717, 1.165) is 13.0 Å². The van der Waals surface area contributed by atoms with E-state index in [1.807, 2.05) is 0 Å². The zero-order valence-electron chi connectivity index (χ0n) is 7.07. The summed E-state index contributed by atoms with van der Waals surface area (Å²) >= 11 is 0. The summed E-state index contributed by atoms with van der Waals surface area (Å²) in [6.07, 6.45) is 5.53. The monoisotopic (exact) mass is 169 g/mol. The van der Waals surface area contributed by atoms with Crippen LogP contribution < -0.4 is 5.32 Å². The summed E-state index contributed by atoms with van der Waals surface area (Å²) in [7, 11) is 0. The second kappa shape index (κ2) is 3.56. The number of rotatable bonds is 1. The van der Waals surface area contributed by atoms with Crippen molar-refractivity contribution in [3.05, 3.63) is 12.2 Å². The lowest BCUT2D eigenvalue weighted by Gasteiger charge is -2.20. The Labute approximate surface area is 72.4 Å². The molecule has 0 radical (unpaired) electrons. The molecule has 68 valence electrons. The minimum Gasteiger partial charge on any atom is -0.395 e. The first-order valence-electron chi connectivity index (χ1n) is 4.52. The molecule has 3 unspecified atom stereocenters. The number of nitrogens with one attached hydrogen (secondary N) is 1. The smallest absolute Gasteiger partial charge is 0.0797 e. The van der Waals surface area contributed by atoms with Gasteiger partial charge in [-0.05, 0) is 6.42 Å². The van der Waals surface area contributed by atoms with Gasteiger partial charge in [0.15, 0.2) is 0 Å². The number of fused-ring (bicyclic) bond motifs is 1. The fourth-order valence-corrected chi connectivity index (χ4v) is 2.01. The van der Waals surface area contributed by atoms with Crippen molar-refractivity contribution in [3.8, 4) is 0 Å². The maximum atomic E-state index is 9.03. The molecule has 0 aromatic carbocycles. The molecule has 3 heteroatoms. The summed E-state index contributed by atoms with van der Waals surface area (Å²) in [5.74, 6) is 0.556. The summed E-state index contributed by atoms with van der Waals surface area (Å²) < 4.78 is 5.62. The Bertz CT molecular complexity index is 181. The summed E-state index contributed by atoms with van der Waals surface area (Å²) in [4.78, 5) is 0. The molecule has 2 aliphatic rings. The Hall–Kier alpha value is -0.380. The van der Waals surface area contributed by atoms with Crippen LogP contribution in [0.25, 0.3) is 0 Å². The number of hydrogen-bond donors (Lipinski definition) is 2. The quantitative estimate of drug-likeness (QED) is 0.539. The highest BCUT2D eigenvalue weighted by atomic mass is 16.5. The molecule has 2 heterocycles. The highest BCUT2D eigenvalue weighted by Gasteiger charge is 2.35. The predicted octanol–water partition coefficient (Wildman–Crippen LogP) is -0.0882. The van der Waals surface area contributed by atoms with Crippen molar-refractivity contribution in [3.63, 3.8) is 0 Å². The number of allylic oxidation sites excluding steroid dienone is 1. The van der Waals surface area contributed by atoms with Gasteiger partial charge in [-0.25, -0.2) is 0 Å². The highest BCUT2D eigenvalue weighted by molar-refractivity contribution is 4.99. The zero-order chi connectivity index (χ0) is 8.39. The van der Waals surface area contributed by atoms with Crippen LogP contribution in [0.15, 0.2) is 12.2 Å². The van der Waals surface area contributed by atoms with Crippen molar-refractivity contribution in [2.75, 3.05) is 19.8 Å². The molecular weight excluding hydrogens is 154 g/mol. The zero-order valence-corrected chi connectivity index (χ0v) is 7.07. The molecule has 0 aliphatic carbocycles. The molecule has 0 spiro atoms. The largest absolute Gasteiger partial charge is 0.395 e. The molecule has 0 amide bonds. The number of aliphatic hydroxyl groups is 1. The Kier molecular flexibility index (Phi) is 2.44. The molecule has 1 saturated heterocycles. The first-order chi connectivity index (χ1) is 5.92. The van der Waals surface area contributed by atoms with E-state index in [1.54, 1.807) is 0 Å². The minimum atomic E-state index is 0.148. The highest BCUT2D eigenvalue weighted by Crippen LogP contribution is 2.23. The fourth-order valence-electron chi connectivity index (χ4n) is 2.01. The third-order valence-corrected chi connectivity index (χ3v) is 2.69. The Morgan fingerprint density at radius 2 is 2.42 bits per heavy atom. The van der Waals surface area contributed by atoms with Crippen LogP contribution in [0.5, 0.6) is 0 Å². The van der Waals surface area contributed by atoms with Gasteiger partial charge < -0.3 is 15.2 Å². The van der Waals surface area contributed by atoms with Crippen LogP contribution in [0, 0.1) is 5.92 Å². The van der Waals surface area contributed by atoms with Gasteiger partial charge in [0.1, 0.15) is 0 Å². The predicted molar refractivity (Wildman–Crippen MR) is 45.9 cm³/mol. The molecule has 2 rings (SSSR count). The van der Waals surface area contributed by atoms with Crippen molar-refractivity contribution in [1.29, 1.82) is 0 Å². The minimum absolute atomic E-state index is 0.148. The van der Waals surface area contributed by atoms with Crippen LogP contribution in [0.1, 0.15) is 6.42 Å². The Morgan fingerprint density at radius 3 is 3.25 bits per heavy atom. The van der Waals surface area contributed by atoms with Gasteiger partial charge >= 0.3 is 0 Å². The molecule has 0 bridgehead atoms. The third kappa shape index (κ3) is 1.40. The summed E-state index contributed by atoms with van der Waals surface area (Å²) in [5.41, 5.74) is 0. The van der Waals surface area contributed by atoms with Crippen molar-refractivity contribution in [2.45, 2.75) is 18.6 Å². The first-order valence-corrected chi connectivity index (χ1v) is 4.52. The van der Waals surface area contributed by atoms with E-state index < -0.39 is 0 Å². The van der Waals surface area contributed by atoms with Crippen LogP contribution in [0.2, 0.25) is 0 Å². The van der Waals surface area contributed by atoms with Gasteiger partial charge in [-0.1, -0.05) is 12.2 Å². The number of hydrogen-bond acceptors (Lipinski definition) is 3. The van der Waals surface area contributed by atoms with Crippen molar-refractivity contribution in [2.24, 2.45) is 5.92 Å².